The van der Waals surface area contributed by atoms with Crippen molar-refractivity contribution in [3.05, 3.63) is 17.2 Å². The monoisotopic (exact) mass is 238 g/mol. The van der Waals surface area contributed by atoms with Gasteiger partial charge >= 0.3 is 5.92 Å². The summed E-state index contributed by atoms with van der Waals surface area (Å²) in [7, 11) is 6.50. The summed E-state index contributed by atoms with van der Waals surface area (Å²) in [5.41, 5.74) is 0.961. The predicted octanol–water partition coefficient (Wildman–Crippen LogP) is 3.45. The van der Waals surface area contributed by atoms with Gasteiger partial charge in [0.05, 0.1) is 16.3 Å². The number of hydrogen-bond donors (Lipinski definition) is 0. The van der Waals surface area contributed by atoms with Crippen LogP contribution in [0.5, 0.6) is 0 Å². The van der Waals surface area contributed by atoms with Crippen LogP contribution in [0, 0.1) is 13.8 Å². The van der Waals surface area contributed by atoms with Crippen LogP contribution in [0.3, 0.4) is 0 Å². The van der Waals surface area contributed by atoms with Gasteiger partial charge in [-0.3, -0.25) is 0 Å². The molecule has 0 bridgehead atoms. The van der Waals surface area contributed by atoms with Crippen molar-refractivity contribution >= 4 is 21.7 Å². The molecule has 0 saturated heterocycles. The van der Waals surface area contributed by atoms with E-state index in [0.29, 0.717) is 16.3 Å². The summed E-state index contributed by atoms with van der Waals surface area (Å²) in [6.45, 7) is 4.04. The van der Waals surface area contributed by atoms with E-state index in [1.165, 1.54) is 0 Å². The highest BCUT2D eigenvalue weighted by Crippen LogP contribution is 2.30. The van der Waals surface area contributed by atoms with Gasteiger partial charge in [-0.05, 0) is 35.5 Å². The SMILES string of the molecule is Cc1nc(C(C)(F)F)nc(C)c1SCl. The Morgan fingerprint density at radius 3 is 1.93 bits per heavy atom. The first-order valence-electron chi connectivity index (χ1n) is 3.88. The molecule has 6 heteroatoms. The lowest BCUT2D eigenvalue weighted by Gasteiger charge is -2.12. The van der Waals surface area contributed by atoms with Crippen molar-refractivity contribution in [3.63, 3.8) is 0 Å². The third-order valence-electron chi connectivity index (χ3n) is 1.67. The summed E-state index contributed by atoms with van der Waals surface area (Å²) in [4.78, 5) is 8.06. The molecule has 0 amide bonds. The summed E-state index contributed by atoms with van der Waals surface area (Å²) in [5.74, 6) is -3.47. The van der Waals surface area contributed by atoms with Gasteiger partial charge in [-0.25, -0.2) is 9.97 Å². The molecule has 1 heterocycles. The normalized spacial score (nSPS) is 11.9. The summed E-state index contributed by atoms with van der Waals surface area (Å²) < 4.78 is 25.8. The molecule has 0 aromatic carbocycles. The summed E-state index contributed by atoms with van der Waals surface area (Å²) in [6.07, 6.45) is 0. The molecule has 0 fully saturated rings. The summed E-state index contributed by atoms with van der Waals surface area (Å²) in [6, 6.07) is 0. The van der Waals surface area contributed by atoms with Gasteiger partial charge in [0.25, 0.3) is 0 Å². The van der Waals surface area contributed by atoms with E-state index in [1.807, 2.05) is 0 Å². The molecule has 0 aliphatic carbocycles. The van der Waals surface area contributed by atoms with Crippen molar-refractivity contribution in [2.75, 3.05) is 0 Å². The molecular weight excluding hydrogens is 230 g/mol. The zero-order valence-corrected chi connectivity index (χ0v) is 9.51. The van der Waals surface area contributed by atoms with Gasteiger partial charge in [0, 0.05) is 6.92 Å². The van der Waals surface area contributed by atoms with Crippen LogP contribution in [-0.2, 0) is 5.92 Å². The van der Waals surface area contributed by atoms with Crippen LogP contribution in [0.4, 0.5) is 8.78 Å². The highest BCUT2D eigenvalue weighted by Gasteiger charge is 2.29. The van der Waals surface area contributed by atoms with E-state index in [0.717, 1.165) is 17.9 Å². The second-order valence-corrected chi connectivity index (χ2v) is 4.04. The van der Waals surface area contributed by atoms with E-state index in [4.69, 9.17) is 10.7 Å². The second kappa shape index (κ2) is 3.98. The third-order valence-corrected chi connectivity index (χ3v) is 2.88. The van der Waals surface area contributed by atoms with Crippen molar-refractivity contribution in [1.82, 2.24) is 9.97 Å². The molecule has 14 heavy (non-hydrogen) atoms. The number of aromatic nitrogens is 2. The van der Waals surface area contributed by atoms with Crippen molar-refractivity contribution in [1.29, 1.82) is 0 Å². The van der Waals surface area contributed by atoms with Crippen LogP contribution in [0.15, 0.2) is 4.90 Å². The fourth-order valence-electron chi connectivity index (χ4n) is 1.01. The minimum Gasteiger partial charge on any atom is -0.231 e. The lowest BCUT2D eigenvalue weighted by atomic mass is 10.3. The highest BCUT2D eigenvalue weighted by molar-refractivity contribution is 8.21. The van der Waals surface area contributed by atoms with Gasteiger partial charge in [0.1, 0.15) is 0 Å². The summed E-state index contributed by atoms with van der Waals surface area (Å²) in [5, 5.41) is 0. The van der Waals surface area contributed by atoms with Crippen LogP contribution in [0.1, 0.15) is 24.1 Å². The van der Waals surface area contributed by atoms with Crippen molar-refractivity contribution in [3.8, 4) is 0 Å². The molecule has 0 atom stereocenters. The molecule has 2 nitrogen and oxygen atoms in total. The Morgan fingerprint density at radius 1 is 1.21 bits per heavy atom. The van der Waals surface area contributed by atoms with Crippen molar-refractivity contribution < 1.29 is 8.78 Å². The van der Waals surface area contributed by atoms with Gasteiger partial charge in [-0.2, -0.15) is 8.78 Å². The fourth-order valence-corrected chi connectivity index (χ4v) is 2.00. The Balaban J connectivity index is 3.28. The highest BCUT2D eigenvalue weighted by atomic mass is 35.7. The van der Waals surface area contributed by atoms with E-state index in [2.05, 4.69) is 9.97 Å². The van der Waals surface area contributed by atoms with Crippen LogP contribution >= 0.6 is 21.7 Å². The number of nitrogens with zero attached hydrogens (tertiary/aromatic N) is 2. The van der Waals surface area contributed by atoms with Crippen LogP contribution in [-0.4, -0.2) is 9.97 Å². The first-order chi connectivity index (χ1) is 6.36. The molecular formula is C8H9ClF2N2S. The molecule has 0 radical (unpaired) electrons. The van der Waals surface area contributed by atoms with E-state index < -0.39 is 11.7 Å². The smallest absolute Gasteiger partial charge is 0.231 e. The van der Waals surface area contributed by atoms with E-state index in [1.54, 1.807) is 13.8 Å². The largest absolute Gasteiger partial charge is 0.303 e. The van der Waals surface area contributed by atoms with E-state index in [-0.39, 0.29) is 0 Å². The third kappa shape index (κ3) is 2.33. The van der Waals surface area contributed by atoms with Crippen molar-refractivity contribution in [2.24, 2.45) is 0 Å². The van der Waals surface area contributed by atoms with E-state index >= 15 is 0 Å². The van der Waals surface area contributed by atoms with Crippen LogP contribution in [0.2, 0.25) is 0 Å². The molecule has 0 spiro atoms. The Labute approximate surface area is 89.6 Å². The molecule has 0 aliphatic heterocycles. The molecule has 0 N–H and O–H groups in total. The van der Waals surface area contributed by atoms with Gasteiger partial charge in [0.15, 0.2) is 5.82 Å². The van der Waals surface area contributed by atoms with E-state index in [9.17, 15) is 8.78 Å². The Morgan fingerprint density at radius 2 is 1.64 bits per heavy atom. The number of rotatable bonds is 2. The van der Waals surface area contributed by atoms with Crippen LogP contribution in [0.25, 0.3) is 0 Å². The van der Waals surface area contributed by atoms with Gasteiger partial charge < -0.3 is 0 Å². The second-order valence-electron chi connectivity index (χ2n) is 3.01. The van der Waals surface area contributed by atoms with Gasteiger partial charge in [-0.1, -0.05) is 0 Å². The topological polar surface area (TPSA) is 25.8 Å². The molecule has 1 aromatic rings. The number of halogens is 3. The maximum absolute atomic E-state index is 12.9. The lowest BCUT2D eigenvalue weighted by Crippen LogP contribution is -2.14. The first kappa shape index (κ1) is 11.7. The lowest BCUT2D eigenvalue weighted by molar-refractivity contribution is 0.00715. The number of aryl methyl sites for hydroxylation is 2. The molecule has 78 valence electrons. The van der Waals surface area contributed by atoms with Gasteiger partial charge in [0.2, 0.25) is 0 Å². The Bertz CT molecular complexity index is 329. The predicted molar refractivity (Wildman–Crippen MR) is 52.8 cm³/mol. The number of hydrogen-bond acceptors (Lipinski definition) is 3. The zero-order chi connectivity index (χ0) is 10.9. The standard InChI is InChI=1S/C8H9ClF2N2S/c1-4-6(14-9)5(2)13-7(12-4)8(3,10)11/h1-3H3. The van der Waals surface area contributed by atoms with Gasteiger partial charge in [-0.15, -0.1) is 0 Å². The average Bonchev–Trinajstić information content (AvgIpc) is 2.01. The average molecular weight is 239 g/mol. The Hall–Kier alpha value is -0.420. The molecule has 0 saturated carbocycles. The molecule has 1 aromatic heterocycles. The Kier molecular flexibility index (Phi) is 3.32. The molecule has 0 aliphatic rings. The van der Waals surface area contributed by atoms with Crippen LogP contribution < -0.4 is 0 Å². The zero-order valence-electron chi connectivity index (χ0n) is 7.94. The maximum Gasteiger partial charge on any atom is 0.303 e. The fraction of sp³-hybridized carbons (Fsp3) is 0.500. The number of alkyl halides is 2. The first-order valence-corrected chi connectivity index (χ1v) is 5.52. The minimum absolute atomic E-state index is 0.457. The molecule has 0 unspecified atom stereocenters. The maximum atomic E-state index is 12.9. The molecule has 1 rings (SSSR count). The minimum atomic E-state index is -3.01. The summed E-state index contributed by atoms with van der Waals surface area (Å²) >= 11 is 0. The quantitative estimate of drug-likeness (QED) is 0.789. The van der Waals surface area contributed by atoms with Crippen molar-refractivity contribution in [2.45, 2.75) is 31.6 Å².